The second-order valence-electron chi connectivity index (χ2n) is 5.75. The average molecular weight is 312 g/mol. The first-order chi connectivity index (χ1) is 10.2. The number of benzene rings is 1. The highest BCUT2D eigenvalue weighted by molar-refractivity contribution is 6.30. The number of hydrogen-bond acceptors (Lipinski definition) is 3. The summed E-state index contributed by atoms with van der Waals surface area (Å²) in [4.78, 5) is 0. The van der Waals surface area contributed by atoms with E-state index in [4.69, 9.17) is 21.1 Å². The minimum absolute atomic E-state index is 0.310. The Balaban J connectivity index is 2.15. The van der Waals surface area contributed by atoms with Gasteiger partial charge in [0.05, 0.1) is 13.2 Å². The molecule has 3 nitrogen and oxygen atoms in total. The molecule has 0 aliphatic carbocycles. The molecular formula is C17H26ClNO2. The van der Waals surface area contributed by atoms with Crippen molar-refractivity contribution in [2.24, 2.45) is 5.92 Å². The van der Waals surface area contributed by atoms with Gasteiger partial charge in [0.1, 0.15) is 5.75 Å². The molecular weight excluding hydrogens is 286 g/mol. The number of nitrogens with one attached hydrogen (secondary N) is 1. The van der Waals surface area contributed by atoms with Crippen LogP contribution in [-0.4, -0.2) is 32.4 Å². The highest BCUT2D eigenvalue weighted by atomic mass is 35.5. The lowest BCUT2D eigenvalue weighted by atomic mass is 9.88. The van der Waals surface area contributed by atoms with E-state index in [0.717, 1.165) is 48.7 Å². The van der Waals surface area contributed by atoms with Gasteiger partial charge in [0.2, 0.25) is 0 Å². The molecule has 0 aromatic heterocycles. The Morgan fingerprint density at radius 1 is 1.48 bits per heavy atom. The molecule has 1 fully saturated rings. The monoisotopic (exact) mass is 311 g/mol. The fourth-order valence-corrected chi connectivity index (χ4v) is 3.32. The van der Waals surface area contributed by atoms with Crippen LogP contribution in [0.5, 0.6) is 5.75 Å². The van der Waals surface area contributed by atoms with Crippen LogP contribution in [0.15, 0.2) is 18.2 Å². The Kier molecular flexibility index (Phi) is 6.34. The van der Waals surface area contributed by atoms with Crippen molar-refractivity contribution in [2.75, 3.05) is 20.3 Å². The van der Waals surface area contributed by atoms with E-state index in [9.17, 15) is 0 Å². The van der Waals surface area contributed by atoms with Crippen LogP contribution in [0.25, 0.3) is 0 Å². The van der Waals surface area contributed by atoms with Crippen LogP contribution in [0.1, 0.15) is 32.3 Å². The zero-order chi connectivity index (χ0) is 15.2. The van der Waals surface area contributed by atoms with E-state index >= 15 is 0 Å². The van der Waals surface area contributed by atoms with Crippen LogP contribution in [0.4, 0.5) is 0 Å². The molecule has 118 valence electrons. The normalized spacial score (nSPS) is 23.2. The highest BCUT2D eigenvalue weighted by Crippen LogP contribution is 2.30. The fourth-order valence-electron chi connectivity index (χ4n) is 3.12. The Labute approximate surface area is 133 Å². The predicted octanol–water partition coefficient (Wildman–Crippen LogP) is 3.68. The molecule has 0 saturated carbocycles. The Morgan fingerprint density at radius 3 is 2.90 bits per heavy atom. The van der Waals surface area contributed by atoms with Crippen molar-refractivity contribution in [2.45, 2.75) is 45.3 Å². The number of ether oxygens (including phenoxy) is 2. The largest absolute Gasteiger partial charge is 0.496 e. The van der Waals surface area contributed by atoms with Gasteiger partial charge < -0.3 is 14.8 Å². The molecule has 3 unspecified atom stereocenters. The van der Waals surface area contributed by atoms with Gasteiger partial charge in [-0.25, -0.2) is 0 Å². The summed E-state index contributed by atoms with van der Waals surface area (Å²) in [5.74, 6) is 1.45. The molecule has 0 amide bonds. The van der Waals surface area contributed by atoms with Crippen LogP contribution >= 0.6 is 11.6 Å². The third kappa shape index (κ3) is 4.35. The third-order valence-corrected chi connectivity index (χ3v) is 4.53. The molecule has 1 saturated heterocycles. The summed E-state index contributed by atoms with van der Waals surface area (Å²) >= 11 is 6.15. The zero-order valence-electron chi connectivity index (χ0n) is 13.2. The molecule has 0 bridgehead atoms. The highest BCUT2D eigenvalue weighted by Gasteiger charge is 2.32. The minimum atomic E-state index is 0.310. The van der Waals surface area contributed by atoms with Crippen molar-refractivity contribution in [3.63, 3.8) is 0 Å². The van der Waals surface area contributed by atoms with Crippen molar-refractivity contribution >= 4 is 11.6 Å². The van der Waals surface area contributed by atoms with Crippen molar-refractivity contribution in [3.05, 3.63) is 28.8 Å². The van der Waals surface area contributed by atoms with E-state index in [-0.39, 0.29) is 0 Å². The summed E-state index contributed by atoms with van der Waals surface area (Å²) in [6.07, 6.45) is 3.48. The maximum Gasteiger partial charge on any atom is 0.122 e. The topological polar surface area (TPSA) is 30.5 Å². The van der Waals surface area contributed by atoms with Crippen LogP contribution < -0.4 is 10.1 Å². The summed E-state index contributed by atoms with van der Waals surface area (Å²) in [5.41, 5.74) is 1.16. The minimum Gasteiger partial charge on any atom is -0.496 e. The van der Waals surface area contributed by atoms with Crippen molar-refractivity contribution < 1.29 is 9.47 Å². The molecule has 0 radical (unpaired) electrons. The first-order valence-electron chi connectivity index (χ1n) is 7.83. The molecule has 21 heavy (non-hydrogen) atoms. The number of halogens is 1. The van der Waals surface area contributed by atoms with E-state index in [1.165, 1.54) is 0 Å². The van der Waals surface area contributed by atoms with E-state index in [1.54, 1.807) is 7.11 Å². The molecule has 4 heteroatoms. The number of methoxy groups -OCH3 is 1. The van der Waals surface area contributed by atoms with E-state index in [0.29, 0.717) is 18.1 Å². The molecule has 1 aliphatic rings. The molecule has 3 atom stereocenters. The van der Waals surface area contributed by atoms with Gasteiger partial charge in [0, 0.05) is 23.6 Å². The molecule has 0 spiro atoms. The second-order valence-corrected chi connectivity index (χ2v) is 6.19. The van der Waals surface area contributed by atoms with Gasteiger partial charge in [0.15, 0.2) is 0 Å². The van der Waals surface area contributed by atoms with Gasteiger partial charge >= 0.3 is 0 Å². The maximum absolute atomic E-state index is 6.15. The molecule has 1 heterocycles. The summed E-state index contributed by atoms with van der Waals surface area (Å²) in [5, 5.41) is 4.44. The van der Waals surface area contributed by atoms with E-state index < -0.39 is 0 Å². The first-order valence-corrected chi connectivity index (χ1v) is 8.21. The summed E-state index contributed by atoms with van der Waals surface area (Å²) in [6.45, 7) is 6.26. The number of rotatable bonds is 7. The average Bonchev–Trinajstić information content (AvgIpc) is 2.90. The maximum atomic E-state index is 6.15. The van der Waals surface area contributed by atoms with Gasteiger partial charge in [-0.15, -0.1) is 0 Å². The van der Waals surface area contributed by atoms with Gasteiger partial charge in [-0.3, -0.25) is 0 Å². The van der Waals surface area contributed by atoms with Crippen molar-refractivity contribution in [3.8, 4) is 5.75 Å². The standard InChI is InChI=1S/C17H26ClNO2/c1-4-8-19-16(15-7-9-21-12(15)2)11-13-10-14(18)5-6-17(13)20-3/h5-6,10,12,15-16,19H,4,7-9,11H2,1-3H3. The Hall–Kier alpha value is -0.770. The van der Waals surface area contributed by atoms with Gasteiger partial charge in [-0.1, -0.05) is 18.5 Å². The van der Waals surface area contributed by atoms with Crippen molar-refractivity contribution in [1.82, 2.24) is 5.32 Å². The summed E-state index contributed by atoms with van der Waals surface area (Å²) in [7, 11) is 1.71. The molecule has 1 N–H and O–H groups in total. The van der Waals surface area contributed by atoms with Gasteiger partial charge in [-0.05, 0) is 56.5 Å². The van der Waals surface area contributed by atoms with Crippen LogP contribution in [0.3, 0.4) is 0 Å². The quantitative estimate of drug-likeness (QED) is 0.833. The Morgan fingerprint density at radius 2 is 2.29 bits per heavy atom. The third-order valence-electron chi connectivity index (χ3n) is 4.29. The lowest BCUT2D eigenvalue weighted by Crippen LogP contribution is -2.41. The van der Waals surface area contributed by atoms with Gasteiger partial charge in [0.25, 0.3) is 0 Å². The zero-order valence-corrected chi connectivity index (χ0v) is 14.0. The Bertz CT molecular complexity index is 452. The van der Waals surface area contributed by atoms with E-state index in [1.807, 2.05) is 18.2 Å². The molecule has 2 rings (SSSR count). The van der Waals surface area contributed by atoms with Gasteiger partial charge in [-0.2, -0.15) is 0 Å². The lowest BCUT2D eigenvalue weighted by molar-refractivity contribution is 0.0953. The second kappa shape index (κ2) is 8.02. The number of hydrogen-bond donors (Lipinski definition) is 1. The molecule has 1 aliphatic heterocycles. The van der Waals surface area contributed by atoms with Crippen LogP contribution in [0, 0.1) is 5.92 Å². The SMILES string of the molecule is CCCNC(Cc1cc(Cl)ccc1OC)C1CCOC1C. The summed E-state index contributed by atoms with van der Waals surface area (Å²) < 4.78 is 11.2. The lowest BCUT2D eigenvalue weighted by Gasteiger charge is -2.27. The van der Waals surface area contributed by atoms with Crippen LogP contribution in [0.2, 0.25) is 5.02 Å². The van der Waals surface area contributed by atoms with E-state index in [2.05, 4.69) is 19.2 Å². The van der Waals surface area contributed by atoms with Crippen LogP contribution in [-0.2, 0) is 11.2 Å². The smallest absolute Gasteiger partial charge is 0.122 e. The predicted molar refractivity (Wildman–Crippen MR) is 87.3 cm³/mol. The molecule has 1 aromatic carbocycles. The first kappa shape index (κ1) is 16.6. The fraction of sp³-hybridized carbons (Fsp3) is 0.647. The molecule has 1 aromatic rings. The van der Waals surface area contributed by atoms with Crippen molar-refractivity contribution in [1.29, 1.82) is 0 Å². The summed E-state index contributed by atoms with van der Waals surface area (Å²) in [6, 6.07) is 6.24.